The van der Waals surface area contributed by atoms with Crippen LogP contribution >= 0.6 is 15.9 Å². The summed E-state index contributed by atoms with van der Waals surface area (Å²) in [7, 11) is 0.114. The third-order valence-electron chi connectivity index (χ3n) is 2.75. The first kappa shape index (κ1) is 15.0. The second-order valence-electron chi connectivity index (χ2n) is 4.14. The molecule has 1 atom stereocenters. The number of ether oxygens (including phenoxy) is 1. The Morgan fingerprint density at radius 1 is 1.30 bits per heavy atom. The average Bonchev–Trinajstić information content (AvgIpc) is 2.40. The van der Waals surface area contributed by atoms with Crippen molar-refractivity contribution in [1.82, 2.24) is 0 Å². The zero-order valence-corrected chi connectivity index (χ0v) is 13.1. The van der Waals surface area contributed by atoms with Crippen LogP contribution in [-0.4, -0.2) is 11.3 Å². The van der Waals surface area contributed by atoms with Gasteiger partial charge in [0.05, 0.1) is 28.6 Å². The molecule has 0 aliphatic heterocycles. The van der Waals surface area contributed by atoms with E-state index in [0.717, 1.165) is 0 Å². The molecule has 106 valence electrons. The molecule has 0 fully saturated rings. The summed E-state index contributed by atoms with van der Waals surface area (Å²) in [4.78, 5) is 0.592. The fraction of sp³-hybridized carbons (Fsp3) is 0.143. The molecule has 0 aromatic heterocycles. The lowest BCUT2D eigenvalue weighted by Crippen LogP contribution is -2.01. The molecule has 0 aliphatic rings. The molecular weight excluding hydrogens is 345 g/mol. The second kappa shape index (κ2) is 6.37. The van der Waals surface area contributed by atoms with Crippen molar-refractivity contribution < 1.29 is 13.3 Å². The van der Waals surface area contributed by atoms with Crippen LogP contribution in [0, 0.1) is 5.82 Å². The van der Waals surface area contributed by atoms with E-state index in [2.05, 4.69) is 15.9 Å². The van der Waals surface area contributed by atoms with E-state index in [-0.39, 0.29) is 5.75 Å². The summed E-state index contributed by atoms with van der Waals surface area (Å²) in [5.74, 6) is 0.105. The normalized spacial score (nSPS) is 12.2. The minimum Gasteiger partial charge on any atom is -0.497 e. The van der Waals surface area contributed by atoms with E-state index in [9.17, 15) is 8.60 Å². The number of rotatable bonds is 4. The first-order chi connectivity index (χ1) is 9.51. The molecule has 2 aromatic rings. The fourth-order valence-corrected chi connectivity index (χ4v) is 3.80. The zero-order chi connectivity index (χ0) is 14.7. The monoisotopic (exact) mass is 357 g/mol. The topological polar surface area (TPSA) is 52.3 Å². The highest BCUT2D eigenvalue weighted by Crippen LogP contribution is 2.26. The third-order valence-corrected chi connectivity index (χ3v) is 5.09. The Morgan fingerprint density at radius 3 is 2.65 bits per heavy atom. The molecule has 0 radical (unpaired) electrons. The number of methoxy groups -OCH3 is 1. The van der Waals surface area contributed by atoms with Gasteiger partial charge in [0.1, 0.15) is 11.6 Å². The van der Waals surface area contributed by atoms with Crippen molar-refractivity contribution in [3.8, 4) is 5.75 Å². The molecule has 6 heteroatoms. The highest BCUT2D eigenvalue weighted by atomic mass is 79.9. The maximum atomic E-state index is 13.8. The summed E-state index contributed by atoms with van der Waals surface area (Å²) in [6.45, 7) is 0. The Labute approximate surface area is 127 Å². The molecule has 2 rings (SSSR count). The van der Waals surface area contributed by atoms with Crippen LogP contribution in [-0.2, 0) is 16.6 Å². The molecule has 2 N–H and O–H groups in total. The van der Waals surface area contributed by atoms with Gasteiger partial charge in [0, 0.05) is 21.8 Å². The van der Waals surface area contributed by atoms with Gasteiger partial charge in [-0.1, -0.05) is 6.07 Å². The molecule has 0 heterocycles. The van der Waals surface area contributed by atoms with Gasteiger partial charge < -0.3 is 10.5 Å². The van der Waals surface area contributed by atoms with Gasteiger partial charge in [-0.3, -0.25) is 4.21 Å². The van der Waals surface area contributed by atoms with Crippen LogP contribution in [0.3, 0.4) is 0 Å². The van der Waals surface area contributed by atoms with E-state index < -0.39 is 16.6 Å². The zero-order valence-electron chi connectivity index (χ0n) is 10.7. The van der Waals surface area contributed by atoms with Crippen LogP contribution in [0.2, 0.25) is 0 Å². The third kappa shape index (κ3) is 3.37. The number of nitrogens with two attached hydrogens (primary N) is 1. The lowest BCUT2D eigenvalue weighted by Gasteiger charge is -2.08. The van der Waals surface area contributed by atoms with Crippen LogP contribution in [0.25, 0.3) is 0 Å². The number of nitrogen functional groups attached to an aromatic ring is 1. The van der Waals surface area contributed by atoms with Crippen molar-refractivity contribution in [2.24, 2.45) is 0 Å². The molecule has 0 spiro atoms. The highest BCUT2D eigenvalue weighted by molar-refractivity contribution is 9.10. The summed E-state index contributed by atoms with van der Waals surface area (Å²) in [5, 5.41) is 0. The highest BCUT2D eigenvalue weighted by Gasteiger charge is 2.12. The molecule has 0 saturated carbocycles. The van der Waals surface area contributed by atoms with Crippen molar-refractivity contribution in [1.29, 1.82) is 0 Å². The fourth-order valence-electron chi connectivity index (χ4n) is 1.69. The number of halogens is 2. The van der Waals surface area contributed by atoms with E-state index in [1.165, 1.54) is 13.2 Å². The van der Waals surface area contributed by atoms with Gasteiger partial charge in [0.15, 0.2) is 0 Å². The van der Waals surface area contributed by atoms with E-state index >= 15 is 0 Å². The van der Waals surface area contributed by atoms with E-state index in [1.54, 1.807) is 30.3 Å². The quantitative estimate of drug-likeness (QED) is 0.852. The molecule has 2 aromatic carbocycles. The minimum atomic E-state index is -1.36. The predicted octanol–water partition coefficient (Wildman–Crippen LogP) is 3.49. The SMILES string of the molecule is COc1ccc(CS(=O)c2ccc(N)cc2Br)c(F)c1. The Bertz CT molecular complexity index is 664. The van der Waals surface area contributed by atoms with E-state index in [1.807, 2.05) is 0 Å². The molecular formula is C14H13BrFNO2S. The standard InChI is InChI=1S/C14H13BrFNO2S/c1-19-11-4-2-9(13(16)7-11)8-20(18)14-5-3-10(17)6-12(14)15/h2-7H,8,17H2,1H3. The first-order valence-corrected chi connectivity index (χ1v) is 7.88. The lowest BCUT2D eigenvalue weighted by molar-refractivity contribution is 0.411. The van der Waals surface area contributed by atoms with Crippen LogP contribution in [0.15, 0.2) is 45.8 Å². The smallest absolute Gasteiger partial charge is 0.131 e. The van der Waals surface area contributed by atoms with Crippen molar-refractivity contribution in [3.05, 3.63) is 52.3 Å². The van der Waals surface area contributed by atoms with Crippen molar-refractivity contribution in [2.75, 3.05) is 12.8 Å². The molecule has 1 unspecified atom stereocenters. The van der Waals surface area contributed by atoms with Gasteiger partial charge >= 0.3 is 0 Å². The average molecular weight is 358 g/mol. The van der Waals surface area contributed by atoms with Crippen LogP contribution < -0.4 is 10.5 Å². The van der Waals surface area contributed by atoms with Crippen LogP contribution in [0.5, 0.6) is 5.75 Å². The summed E-state index contributed by atoms with van der Waals surface area (Å²) in [6.07, 6.45) is 0. The molecule has 0 amide bonds. The Kier molecular flexibility index (Phi) is 4.77. The van der Waals surface area contributed by atoms with Gasteiger partial charge in [-0.25, -0.2) is 4.39 Å². The molecule has 0 saturated heterocycles. The number of hydrogen-bond donors (Lipinski definition) is 1. The molecule has 20 heavy (non-hydrogen) atoms. The minimum absolute atomic E-state index is 0.0956. The van der Waals surface area contributed by atoms with Gasteiger partial charge in [-0.2, -0.15) is 0 Å². The van der Waals surface area contributed by atoms with Crippen molar-refractivity contribution >= 4 is 32.4 Å². The summed E-state index contributed by atoms with van der Waals surface area (Å²) in [6, 6.07) is 9.53. The lowest BCUT2D eigenvalue weighted by atomic mass is 10.2. The summed E-state index contributed by atoms with van der Waals surface area (Å²) >= 11 is 3.32. The van der Waals surface area contributed by atoms with Gasteiger partial charge in [-0.15, -0.1) is 0 Å². The number of benzene rings is 2. The maximum Gasteiger partial charge on any atom is 0.131 e. The van der Waals surface area contributed by atoms with Gasteiger partial charge in [0.25, 0.3) is 0 Å². The van der Waals surface area contributed by atoms with Crippen LogP contribution in [0.1, 0.15) is 5.56 Å². The Balaban J connectivity index is 2.23. The summed E-state index contributed by atoms with van der Waals surface area (Å²) < 4.78 is 31.7. The Morgan fingerprint density at radius 2 is 2.05 bits per heavy atom. The summed E-state index contributed by atoms with van der Waals surface area (Å²) in [5.41, 5.74) is 6.59. The van der Waals surface area contributed by atoms with E-state index in [0.29, 0.717) is 26.4 Å². The predicted molar refractivity (Wildman–Crippen MR) is 81.6 cm³/mol. The number of hydrogen-bond acceptors (Lipinski definition) is 3. The first-order valence-electron chi connectivity index (χ1n) is 5.77. The Hall–Kier alpha value is -1.40. The van der Waals surface area contributed by atoms with Crippen molar-refractivity contribution in [2.45, 2.75) is 10.6 Å². The van der Waals surface area contributed by atoms with Gasteiger partial charge in [0.2, 0.25) is 0 Å². The molecule has 3 nitrogen and oxygen atoms in total. The second-order valence-corrected chi connectivity index (χ2v) is 6.41. The van der Waals surface area contributed by atoms with Crippen molar-refractivity contribution in [3.63, 3.8) is 0 Å². The van der Waals surface area contributed by atoms with E-state index in [4.69, 9.17) is 10.5 Å². The van der Waals surface area contributed by atoms with Gasteiger partial charge in [-0.05, 0) is 40.2 Å². The maximum absolute atomic E-state index is 13.8. The molecule has 0 aliphatic carbocycles. The largest absolute Gasteiger partial charge is 0.497 e. The number of anilines is 1. The molecule has 0 bridgehead atoms. The van der Waals surface area contributed by atoms with Crippen LogP contribution in [0.4, 0.5) is 10.1 Å².